The molecule has 1 aliphatic carbocycles. The van der Waals surface area contributed by atoms with Gasteiger partial charge in [0.2, 0.25) is 0 Å². The average molecular weight is 211 g/mol. The fourth-order valence-electron chi connectivity index (χ4n) is 2.87. The first-order chi connectivity index (χ1) is 7.45. The minimum atomic E-state index is 0.649. The number of ether oxygens (including phenoxy) is 1. The Hall–Kier alpha value is -0.0800. The van der Waals surface area contributed by atoms with Crippen molar-refractivity contribution in [1.29, 1.82) is 0 Å². The minimum Gasteiger partial charge on any atom is -0.380 e. The Balaban J connectivity index is 1.47. The molecule has 1 saturated heterocycles. The topological polar surface area (TPSA) is 21.3 Å². The summed E-state index contributed by atoms with van der Waals surface area (Å²) in [5.74, 6) is 1.04. The van der Waals surface area contributed by atoms with E-state index in [2.05, 4.69) is 5.32 Å². The molecule has 15 heavy (non-hydrogen) atoms. The first-order valence-electron chi connectivity index (χ1n) is 6.76. The zero-order chi connectivity index (χ0) is 10.3. The van der Waals surface area contributed by atoms with Crippen LogP contribution in [0.3, 0.4) is 0 Å². The van der Waals surface area contributed by atoms with E-state index in [-0.39, 0.29) is 0 Å². The van der Waals surface area contributed by atoms with Crippen LogP contribution in [0.1, 0.15) is 51.4 Å². The molecule has 0 spiro atoms. The molecule has 2 aliphatic rings. The van der Waals surface area contributed by atoms with E-state index < -0.39 is 0 Å². The third kappa shape index (κ3) is 4.12. The molecule has 1 heterocycles. The van der Waals surface area contributed by atoms with Crippen LogP contribution < -0.4 is 5.32 Å². The highest BCUT2D eigenvalue weighted by Gasteiger charge is 2.15. The number of hydrogen-bond donors (Lipinski definition) is 1. The van der Waals surface area contributed by atoms with Crippen molar-refractivity contribution in [3.63, 3.8) is 0 Å². The lowest BCUT2D eigenvalue weighted by molar-refractivity contribution is 0.189. The molecule has 1 unspecified atom stereocenters. The molecule has 2 rings (SSSR count). The second-order valence-electron chi connectivity index (χ2n) is 5.16. The Morgan fingerprint density at radius 3 is 2.67 bits per heavy atom. The Labute approximate surface area is 93.8 Å². The Kier molecular flexibility index (Phi) is 4.94. The first-order valence-corrected chi connectivity index (χ1v) is 6.76. The van der Waals surface area contributed by atoms with Gasteiger partial charge in [-0.2, -0.15) is 0 Å². The van der Waals surface area contributed by atoms with Gasteiger partial charge in [-0.15, -0.1) is 0 Å². The van der Waals surface area contributed by atoms with Gasteiger partial charge in [-0.3, -0.25) is 0 Å². The summed E-state index contributed by atoms with van der Waals surface area (Å²) in [6.07, 6.45) is 11.4. The minimum absolute atomic E-state index is 0.649. The second-order valence-corrected chi connectivity index (χ2v) is 5.16. The molecule has 88 valence electrons. The highest BCUT2D eigenvalue weighted by Crippen LogP contribution is 2.26. The lowest BCUT2D eigenvalue weighted by Crippen LogP contribution is -2.30. The quantitative estimate of drug-likeness (QED) is 0.706. The van der Waals surface area contributed by atoms with Gasteiger partial charge in [0.25, 0.3) is 0 Å². The third-order valence-electron chi connectivity index (χ3n) is 3.88. The zero-order valence-electron chi connectivity index (χ0n) is 9.84. The summed E-state index contributed by atoms with van der Waals surface area (Å²) in [6, 6.07) is 0.649. The highest BCUT2D eigenvalue weighted by molar-refractivity contribution is 4.72. The molecule has 0 bridgehead atoms. The third-order valence-corrected chi connectivity index (χ3v) is 3.88. The van der Waals surface area contributed by atoms with Crippen LogP contribution in [-0.2, 0) is 4.74 Å². The molecule has 2 heteroatoms. The van der Waals surface area contributed by atoms with E-state index in [1.807, 2.05) is 0 Å². The molecular weight excluding hydrogens is 186 g/mol. The molecule has 1 N–H and O–H groups in total. The fourth-order valence-corrected chi connectivity index (χ4v) is 2.87. The Bertz CT molecular complexity index is 160. The molecule has 0 aromatic rings. The molecule has 0 amide bonds. The van der Waals surface area contributed by atoms with Gasteiger partial charge in [-0.05, 0) is 31.7 Å². The molecule has 1 atom stereocenters. The van der Waals surface area contributed by atoms with Gasteiger partial charge in [0.15, 0.2) is 0 Å². The van der Waals surface area contributed by atoms with Crippen LogP contribution in [-0.4, -0.2) is 25.8 Å². The molecule has 2 fully saturated rings. The maximum Gasteiger partial charge on any atom is 0.0620 e. The SMILES string of the molecule is C1CCC(CCCNC2CCOC2)CC1. The van der Waals surface area contributed by atoms with E-state index in [1.165, 1.54) is 57.9 Å². The van der Waals surface area contributed by atoms with Crippen molar-refractivity contribution in [2.45, 2.75) is 57.4 Å². The van der Waals surface area contributed by atoms with E-state index in [0.29, 0.717) is 6.04 Å². The van der Waals surface area contributed by atoms with Crippen LogP contribution in [0.5, 0.6) is 0 Å². The van der Waals surface area contributed by atoms with Gasteiger partial charge in [0.05, 0.1) is 6.61 Å². The summed E-state index contributed by atoms with van der Waals surface area (Å²) in [6.45, 7) is 3.09. The predicted octanol–water partition coefficient (Wildman–Crippen LogP) is 2.73. The van der Waals surface area contributed by atoms with E-state index in [9.17, 15) is 0 Å². The highest BCUT2D eigenvalue weighted by atomic mass is 16.5. The van der Waals surface area contributed by atoms with Crippen LogP contribution in [0.15, 0.2) is 0 Å². The van der Waals surface area contributed by atoms with Crippen molar-refractivity contribution in [3.8, 4) is 0 Å². The molecule has 0 aromatic carbocycles. The fraction of sp³-hybridized carbons (Fsp3) is 1.00. The maximum absolute atomic E-state index is 5.34. The maximum atomic E-state index is 5.34. The summed E-state index contributed by atoms with van der Waals surface area (Å²) in [5, 5.41) is 3.60. The number of rotatable bonds is 5. The van der Waals surface area contributed by atoms with Gasteiger partial charge in [-0.25, -0.2) is 0 Å². The second kappa shape index (κ2) is 6.49. The van der Waals surface area contributed by atoms with Gasteiger partial charge >= 0.3 is 0 Å². The van der Waals surface area contributed by atoms with Crippen molar-refractivity contribution in [3.05, 3.63) is 0 Å². The van der Waals surface area contributed by atoms with E-state index in [0.717, 1.165) is 19.1 Å². The average Bonchev–Trinajstić information content (AvgIpc) is 2.79. The monoisotopic (exact) mass is 211 g/mol. The summed E-state index contributed by atoms with van der Waals surface area (Å²) in [4.78, 5) is 0. The molecular formula is C13H25NO. The first kappa shape index (κ1) is 11.4. The summed E-state index contributed by atoms with van der Waals surface area (Å²) < 4.78 is 5.34. The van der Waals surface area contributed by atoms with Crippen LogP contribution in [0.25, 0.3) is 0 Å². The van der Waals surface area contributed by atoms with Crippen molar-refractivity contribution in [2.24, 2.45) is 5.92 Å². The van der Waals surface area contributed by atoms with Crippen LogP contribution in [0, 0.1) is 5.92 Å². The lowest BCUT2D eigenvalue weighted by atomic mass is 9.86. The van der Waals surface area contributed by atoms with Crippen LogP contribution >= 0.6 is 0 Å². The van der Waals surface area contributed by atoms with Crippen molar-refractivity contribution in [2.75, 3.05) is 19.8 Å². The largest absolute Gasteiger partial charge is 0.380 e. The summed E-state index contributed by atoms with van der Waals surface area (Å²) in [5.41, 5.74) is 0. The van der Waals surface area contributed by atoms with Crippen molar-refractivity contribution < 1.29 is 4.74 Å². The van der Waals surface area contributed by atoms with Crippen LogP contribution in [0.2, 0.25) is 0 Å². The lowest BCUT2D eigenvalue weighted by Gasteiger charge is -2.21. The number of hydrogen-bond acceptors (Lipinski definition) is 2. The Morgan fingerprint density at radius 2 is 1.93 bits per heavy atom. The van der Waals surface area contributed by atoms with Crippen molar-refractivity contribution >= 4 is 0 Å². The van der Waals surface area contributed by atoms with E-state index in [1.54, 1.807) is 0 Å². The zero-order valence-corrected chi connectivity index (χ0v) is 9.84. The predicted molar refractivity (Wildman–Crippen MR) is 63.0 cm³/mol. The van der Waals surface area contributed by atoms with Gasteiger partial charge in [0.1, 0.15) is 0 Å². The molecule has 1 saturated carbocycles. The van der Waals surface area contributed by atoms with Gasteiger partial charge in [-0.1, -0.05) is 32.1 Å². The summed E-state index contributed by atoms with van der Waals surface area (Å²) in [7, 11) is 0. The van der Waals surface area contributed by atoms with Gasteiger partial charge in [0, 0.05) is 12.6 Å². The van der Waals surface area contributed by atoms with E-state index in [4.69, 9.17) is 4.74 Å². The van der Waals surface area contributed by atoms with Crippen LogP contribution in [0.4, 0.5) is 0 Å². The number of nitrogens with one attached hydrogen (secondary N) is 1. The molecule has 0 radical (unpaired) electrons. The smallest absolute Gasteiger partial charge is 0.0620 e. The van der Waals surface area contributed by atoms with E-state index >= 15 is 0 Å². The molecule has 0 aromatic heterocycles. The molecule has 1 aliphatic heterocycles. The Morgan fingerprint density at radius 1 is 1.07 bits per heavy atom. The standard InChI is InChI=1S/C13H25NO/c1-2-5-12(6-3-1)7-4-9-14-13-8-10-15-11-13/h12-14H,1-11H2. The molecule has 2 nitrogen and oxygen atoms in total. The van der Waals surface area contributed by atoms with Gasteiger partial charge < -0.3 is 10.1 Å². The van der Waals surface area contributed by atoms with Crippen molar-refractivity contribution in [1.82, 2.24) is 5.32 Å². The summed E-state index contributed by atoms with van der Waals surface area (Å²) >= 11 is 0. The normalized spacial score (nSPS) is 28.4.